The number of benzene rings is 3. The van der Waals surface area contributed by atoms with E-state index in [2.05, 4.69) is 105 Å². The summed E-state index contributed by atoms with van der Waals surface area (Å²) >= 11 is 1.82. The highest BCUT2D eigenvalue weighted by Crippen LogP contribution is 2.23. The second-order valence-electron chi connectivity index (χ2n) is 8.22. The number of rotatable bonds is 9. The first kappa shape index (κ1) is 23.8. The number of thioether (sulfide) groups is 1. The van der Waals surface area contributed by atoms with Crippen LogP contribution in [0.25, 0.3) is 0 Å². The second-order valence-corrected chi connectivity index (χ2v) is 10.8. The molecule has 3 rings (SSSR count). The summed E-state index contributed by atoms with van der Waals surface area (Å²) in [6, 6.07) is 24.4. The van der Waals surface area contributed by atoms with Gasteiger partial charge in [-0.1, -0.05) is 59.2 Å². The van der Waals surface area contributed by atoms with E-state index in [0.29, 0.717) is 0 Å². The Labute approximate surface area is 195 Å². The van der Waals surface area contributed by atoms with E-state index >= 15 is 0 Å². The number of aryl methyl sites for hydroxylation is 3. The summed E-state index contributed by atoms with van der Waals surface area (Å²) in [5.41, 5.74) is 6.94. The molecule has 1 atom stereocenters. The van der Waals surface area contributed by atoms with Crippen LogP contribution in [0.2, 0.25) is 0 Å². The van der Waals surface area contributed by atoms with Crippen LogP contribution in [0.3, 0.4) is 0 Å². The molecule has 3 aromatic rings. The second kappa shape index (κ2) is 11.7. The van der Waals surface area contributed by atoms with Crippen molar-refractivity contribution in [2.24, 2.45) is 4.36 Å². The monoisotopic (exact) mass is 450 g/mol. The molecule has 0 radical (unpaired) electrons. The minimum absolute atomic E-state index is 0.110. The lowest BCUT2D eigenvalue weighted by Crippen LogP contribution is -2.13. The van der Waals surface area contributed by atoms with Crippen molar-refractivity contribution >= 4 is 22.5 Å². The van der Waals surface area contributed by atoms with Gasteiger partial charge in [-0.3, -0.25) is 4.36 Å². The van der Waals surface area contributed by atoms with E-state index in [-0.39, 0.29) is 10.7 Å². The first-order valence-corrected chi connectivity index (χ1v) is 13.5. The van der Waals surface area contributed by atoms with Crippen molar-refractivity contribution in [1.29, 1.82) is 0 Å². The van der Waals surface area contributed by atoms with E-state index in [1.54, 1.807) is 0 Å². The lowest BCUT2D eigenvalue weighted by molar-refractivity contribution is 0.400. The minimum atomic E-state index is -0.110. The van der Waals surface area contributed by atoms with Crippen LogP contribution < -0.4 is 0 Å². The summed E-state index contributed by atoms with van der Waals surface area (Å²) in [5, 5.41) is 0. The molecule has 164 valence electrons. The molecular weight excluding hydrogens is 416 g/mol. The first-order chi connectivity index (χ1) is 15.0. The Morgan fingerprint density at radius 1 is 0.871 bits per heavy atom. The maximum absolute atomic E-state index is 4.95. The van der Waals surface area contributed by atoms with Gasteiger partial charge in [0.2, 0.25) is 0 Å². The van der Waals surface area contributed by atoms with Crippen molar-refractivity contribution in [3.63, 3.8) is 0 Å². The lowest BCUT2D eigenvalue weighted by atomic mass is 9.99. The fourth-order valence-corrected chi connectivity index (χ4v) is 5.38. The molecule has 2 nitrogen and oxygen atoms in total. The molecule has 4 heteroatoms. The molecule has 3 aromatic carbocycles. The lowest BCUT2D eigenvalue weighted by Gasteiger charge is -2.16. The molecule has 0 aliphatic rings. The zero-order chi connectivity index (χ0) is 22.2. The van der Waals surface area contributed by atoms with Crippen LogP contribution in [-0.2, 0) is 36.6 Å². The molecule has 0 aliphatic heterocycles. The normalized spacial score (nSPS) is 12.5. The summed E-state index contributed by atoms with van der Waals surface area (Å²) in [6.45, 7) is 3.95. The van der Waals surface area contributed by atoms with Crippen LogP contribution in [0, 0.1) is 6.92 Å². The van der Waals surface area contributed by atoms with Gasteiger partial charge in [-0.05, 0) is 92.4 Å². The highest BCUT2D eigenvalue weighted by atomic mass is 32.2. The van der Waals surface area contributed by atoms with Gasteiger partial charge in [0, 0.05) is 16.3 Å². The molecule has 31 heavy (non-hydrogen) atoms. The smallest absolute Gasteiger partial charge is 0.0712 e. The number of hydrogen-bond donors (Lipinski definition) is 0. The van der Waals surface area contributed by atoms with Crippen LogP contribution in [0.5, 0.6) is 0 Å². The summed E-state index contributed by atoms with van der Waals surface area (Å²) in [5.74, 6) is 0. The molecule has 1 unspecified atom stereocenters. The Hall–Kier alpha value is -1.88. The highest BCUT2D eigenvalue weighted by molar-refractivity contribution is 7.98. The van der Waals surface area contributed by atoms with Gasteiger partial charge in [0.05, 0.1) is 6.54 Å². The van der Waals surface area contributed by atoms with Gasteiger partial charge in [0.1, 0.15) is 0 Å². The van der Waals surface area contributed by atoms with E-state index < -0.39 is 0 Å². The maximum atomic E-state index is 4.95. The van der Waals surface area contributed by atoms with E-state index in [1.165, 1.54) is 37.6 Å². The minimum Gasteiger partial charge on any atom is -0.305 e. The third kappa shape index (κ3) is 7.06. The Bertz CT molecular complexity index is 1030. The SMILES string of the molecule is CSc1ccc(CCc2ccc(S(C)=NCc3ccccc3)cc2CN(C)C)cc1C. The molecule has 0 heterocycles. The van der Waals surface area contributed by atoms with Crippen molar-refractivity contribution in [2.75, 3.05) is 26.6 Å². The van der Waals surface area contributed by atoms with Crippen molar-refractivity contribution in [1.82, 2.24) is 4.90 Å². The molecule has 0 bridgehead atoms. The summed E-state index contributed by atoms with van der Waals surface area (Å²) in [7, 11) is 4.18. The van der Waals surface area contributed by atoms with E-state index in [1.807, 2.05) is 11.8 Å². The molecule has 0 fully saturated rings. The molecule has 0 saturated heterocycles. The average Bonchev–Trinajstić information content (AvgIpc) is 2.77. The third-order valence-electron chi connectivity index (χ3n) is 5.43. The topological polar surface area (TPSA) is 15.6 Å². The number of hydrogen-bond acceptors (Lipinski definition) is 3. The van der Waals surface area contributed by atoms with Gasteiger partial charge in [-0.25, -0.2) is 0 Å². The predicted molar refractivity (Wildman–Crippen MR) is 138 cm³/mol. The van der Waals surface area contributed by atoms with Crippen molar-refractivity contribution < 1.29 is 0 Å². The maximum Gasteiger partial charge on any atom is 0.0712 e. The molecule has 0 spiro atoms. The average molecular weight is 451 g/mol. The van der Waals surface area contributed by atoms with E-state index in [4.69, 9.17) is 4.36 Å². The van der Waals surface area contributed by atoms with Gasteiger partial charge in [-0.2, -0.15) is 0 Å². The molecule has 0 aliphatic carbocycles. The van der Waals surface area contributed by atoms with Crippen molar-refractivity contribution in [3.8, 4) is 0 Å². The Morgan fingerprint density at radius 2 is 1.65 bits per heavy atom. The summed E-state index contributed by atoms with van der Waals surface area (Å²) < 4.78 is 4.95. The zero-order valence-electron chi connectivity index (χ0n) is 19.4. The van der Waals surface area contributed by atoms with Crippen LogP contribution in [0.15, 0.2) is 80.9 Å². The fourth-order valence-electron chi connectivity index (χ4n) is 3.72. The Balaban J connectivity index is 1.76. The molecule has 0 amide bonds. The summed E-state index contributed by atoms with van der Waals surface area (Å²) in [6.07, 6.45) is 6.52. The quantitative estimate of drug-likeness (QED) is 0.343. The number of nitrogens with zero attached hydrogens (tertiary/aromatic N) is 2. The van der Waals surface area contributed by atoms with Crippen molar-refractivity contribution in [3.05, 3.63) is 94.5 Å². The van der Waals surface area contributed by atoms with E-state index in [0.717, 1.165) is 25.9 Å². The Morgan fingerprint density at radius 3 is 2.32 bits per heavy atom. The van der Waals surface area contributed by atoms with Crippen molar-refractivity contribution in [2.45, 2.75) is 42.6 Å². The fraction of sp³-hybridized carbons (Fsp3) is 0.333. The van der Waals surface area contributed by atoms with Crippen LogP contribution in [0.4, 0.5) is 0 Å². The Kier molecular flexibility index (Phi) is 8.94. The van der Waals surface area contributed by atoms with Crippen LogP contribution in [0.1, 0.15) is 27.8 Å². The molecular formula is C27H34N2S2. The summed E-state index contributed by atoms with van der Waals surface area (Å²) in [4.78, 5) is 4.96. The van der Waals surface area contributed by atoms with Crippen LogP contribution >= 0.6 is 11.8 Å². The largest absolute Gasteiger partial charge is 0.305 e. The van der Waals surface area contributed by atoms with Gasteiger partial charge in [-0.15, -0.1) is 11.8 Å². The van der Waals surface area contributed by atoms with Gasteiger partial charge in [0.25, 0.3) is 0 Å². The zero-order valence-corrected chi connectivity index (χ0v) is 21.0. The first-order valence-electron chi connectivity index (χ1n) is 10.7. The predicted octanol–water partition coefficient (Wildman–Crippen LogP) is 6.55. The third-order valence-corrected chi connectivity index (χ3v) is 7.78. The molecule has 0 aromatic heterocycles. The van der Waals surface area contributed by atoms with Crippen LogP contribution in [-0.4, -0.2) is 31.5 Å². The molecule has 0 N–H and O–H groups in total. The standard InChI is InChI=1S/C27H34N2S2/c1-21-17-22(12-16-27(21)30-4)11-13-24-14-15-26(18-25(24)20-29(2)3)31(5)28-19-23-9-7-6-8-10-23/h6-10,12,14-18H,11,13,19-20H2,1-5H3. The van der Waals surface area contributed by atoms with Gasteiger partial charge >= 0.3 is 0 Å². The highest BCUT2D eigenvalue weighted by Gasteiger charge is 2.08. The van der Waals surface area contributed by atoms with Gasteiger partial charge < -0.3 is 4.90 Å². The van der Waals surface area contributed by atoms with E-state index in [9.17, 15) is 0 Å². The molecule has 0 saturated carbocycles. The van der Waals surface area contributed by atoms with Gasteiger partial charge in [0.15, 0.2) is 0 Å².